The fraction of sp³-hybridized carbons (Fsp3) is 0.632. The second kappa shape index (κ2) is 7.12. The standard InChI is InChI=1S/C19H27NO5/c1-19(12-21)11-20(18(22)24-3)9-15(19)14-6-7-16(23-2)17(8-14)25-10-13-4-5-13/h6-8,13,15,21H,4-5,9-12H2,1-3H3/t15-,19-/m0/s1. The van der Waals surface area contributed by atoms with Crippen LogP contribution < -0.4 is 9.47 Å². The van der Waals surface area contributed by atoms with E-state index in [1.165, 1.54) is 20.0 Å². The zero-order valence-electron chi connectivity index (χ0n) is 15.2. The first-order chi connectivity index (χ1) is 12.0. The molecule has 1 amide bonds. The van der Waals surface area contributed by atoms with Gasteiger partial charge in [-0.15, -0.1) is 0 Å². The van der Waals surface area contributed by atoms with Crippen LogP contribution in [0.2, 0.25) is 0 Å². The van der Waals surface area contributed by atoms with Crippen LogP contribution in [0, 0.1) is 11.3 Å². The number of ether oxygens (including phenoxy) is 3. The van der Waals surface area contributed by atoms with Crippen molar-refractivity contribution in [1.82, 2.24) is 4.90 Å². The van der Waals surface area contributed by atoms with Gasteiger partial charge in [-0.1, -0.05) is 13.0 Å². The van der Waals surface area contributed by atoms with Crippen LogP contribution in [0.3, 0.4) is 0 Å². The third-order valence-corrected chi connectivity index (χ3v) is 5.35. The minimum absolute atomic E-state index is 0.00451. The number of hydrogen-bond donors (Lipinski definition) is 1. The first-order valence-corrected chi connectivity index (χ1v) is 8.75. The normalized spacial score (nSPS) is 25.8. The van der Waals surface area contributed by atoms with Gasteiger partial charge in [-0.2, -0.15) is 0 Å². The van der Waals surface area contributed by atoms with Gasteiger partial charge in [0.2, 0.25) is 0 Å². The molecular weight excluding hydrogens is 322 g/mol. The third-order valence-electron chi connectivity index (χ3n) is 5.35. The zero-order chi connectivity index (χ0) is 18.0. The fourth-order valence-electron chi connectivity index (χ4n) is 3.50. The Morgan fingerprint density at radius 1 is 1.32 bits per heavy atom. The number of carbonyl (C=O) groups is 1. The van der Waals surface area contributed by atoms with Crippen molar-refractivity contribution in [2.75, 3.05) is 40.5 Å². The zero-order valence-corrected chi connectivity index (χ0v) is 15.2. The minimum atomic E-state index is -0.420. The van der Waals surface area contributed by atoms with Crippen LogP contribution in [0.1, 0.15) is 31.2 Å². The quantitative estimate of drug-likeness (QED) is 0.855. The molecule has 0 aromatic heterocycles. The second-order valence-electron chi connectivity index (χ2n) is 7.38. The summed E-state index contributed by atoms with van der Waals surface area (Å²) in [5, 5.41) is 9.95. The van der Waals surface area contributed by atoms with E-state index < -0.39 is 5.41 Å². The van der Waals surface area contributed by atoms with E-state index in [4.69, 9.17) is 14.2 Å². The number of benzene rings is 1. The average Bonchev–Trinajstić information content (AvgIpc) is 3.40. The lowest BCUT2D eigenvalue weighted by atomic mass is 9.76. The maximum absolute atomic E-state index is 11.9. The van der Waals surface area contributed by atoms with Crippen LogP contribution in [0.5, 0.6) is 11.5 Å². The summed E-state index contributed by atoms with van der Waals surface area (Å²) in [6.07, 6.45) is 2.09. The molecule has 0 bridgehead atoms. The van der Waals surface area contributed by atoms with Crippen LogP contribution in [-0.2, 0) is 4.74 Å². The lowest BCUT2D eigenvalue weighted by Crippen LogP contribution is -2.32. The number of aliphatic hydroxyl groups is 1. The van der Waals surface area contributed by atoms with Crippen LogP contribution in [0.25, 0.3) is 0 Å². The van der Waals surface area contributed by atoms with Crippen LogP contribution in [0.15, 0.2) is 18.2 Å². The van der Waals surface area contributed by atoms with Gasteiger partial charge in [-0.25, -0.2) is 4.79 Å². The predicted molar refractivity (Wildman–Crippen MR) is 93.1 cm³/mol. The third kappa shape index (κ3) is 3.68. The van der Waals surface area contributed by atoms with Crippen LogP contribution in [-0.4, -0.2) is 56.6 Å². The summed E-state index contributed by atoms with van der Waals surface area (Å²) in [5.74, 6) is 2.09. The number of rotatable bonds is 6. The van der Waals surface area contributed by atoms with Crippen LogP contribution >= 0.6 is 0 Å². The number of nitrogens with zero attached hydrogens (tertiary/aromatic N) is 1. The fourth-order valence-corrected chi connectivity index (χ4v) is 3.50. The van der Waals surface area contributed by atoms with Gasteiger partial charge < -0.3 is 24.2 Å². The summed E-state index contributed by atoms with van der Waals surface area (Å²) in [4.78, 5) is 13.6. The minimum Gasteiger partial charge on any atom is -0.493 e. The summed E-state index contributed by atoms with van der Waals surface area (Å²) < 4.78 is 16.2. The van der Waals surface area contributed by atoms with Gasteiger partial charge in [-0.05, 0) is 36.5 Å². The van der Waals surface area contributed by atoms with Crippen molar-refractivity contribution in [2.24, 2.45) is 11.3 Å². The number of carbonyl (C=O) groups excluding carboxylic acids is 1. The molecule has 1 N–H and O–H groups in total. The molecule has 1 aromatic rings. The molecule has 1 saturated heterocycles. The van der Waals surface area contributed by atoms with Gasteiger partial charge in [0.15, 0.2) is 11.5 Å². The van der Waals surface area contributed by atoms with Crippen molar-refractivity contribution in [3.63, 3.8) is 0 Å². The Hall–Kier alpha value is -1.95. The highest BCUT2D eigenvalue weighted by Gasteiger charge is 2.45. The molecule has 2 atom stereocenters. The summed E-state index contributed by atoms with van der Waals surface area (Å²) in [7, 11) is 3.01. The lowest BCUT2D eigenvalue weighted by molar-refractivity contribution is 0.113. The molecule has 138 valence electrons. The first-order valence-electron chi connectivity index (χ1n) is 8.75. The number of amides is 1. The lowest BCUT2D eigenvalue weighted by Gasteiger charge is -2.28. The molecule has 0 unspecified atom stereocenters. The number of methoxy groups -OCH3 is 2. The van der Waals surface area contributed by atoms with Crippen molar-refractivity contribution in [1.29, 1.82) is 0 Å². The number of aliphatic hydroxyl groups excluding tert-OH is 1. The molecule has 25 heavy (non-hydrogen) atoms. The van der Waals surface area contributed by atoms with Crippen LogP contribution in [0.4, 0.5) is 4.79 Å². The van der Waals surface area contributed by atoms with Gasteiger partial charge in [-0.3, -0.25) is 0 Å². The predicted octanol–water partition coefficient (Wildman–Crippen LogP) is 2.65. The Labute approximate surface area is 148 Å². The second-order valence-corrected chi connectivity index (χ2v) is 7.38. The highest BCUT2D eigenvalue weighted by molar-refractivity contribution is 5.68. The van der Waals surface area contributed by atoms with E-state index in [9.17, 15) is 9.90 Å². The summed E-state index contributed by atoms with van der Waals surface area (Å²) >= 11 is 0. The summed E-state index contributed by atoms with van der Waals surface area (Å²) in [6, 6.07) is 5.87. The average molecular weight is 349 g/mol. The van der Waals surface area contributed by atoms with E-state index in [-0.39, 0.29) is 18.6 Å². The van der Waals surface area contributed by atoms with E-state index in [1.807, 2.05) is 25.1 Å². The molecular formula is C19H27NO5. The maximum atomic E-state index is 11.9. The molecule has 6 nitrogen and oxygen atoms in total. The maximum Gasteiger partial charge on any atom is 0.409 e. The van der Waals surface area contributed by atoms with Crippen molar-refractivity contribution < 1.29 is 24.1 Å². The van der Waals surface area contributed by atoms with Crippen molar-refractivity contribution in [3.05, 3.63) is 23.8 Å². The van der Waals surface area contributed by atoms with Gasteiger partial charge in [0, 0.05) is 24.4 Å². The van der Waals surface area contributed by atoms with Gasteiger partial charge in [0.05, 0.1) is 27.4 Å². The van der Waals surface area contributed by atoms with Gasteiger partial charge in [0.1, 0.15) is 0 Å². The Kier molecular flexibility index (Phi) is 5.08. The first kappa shape index (κ1) is 17.9. The smallest absolute Gasteiger partial charge is 0.409 e. The molecule has 6 heteroatoms. The monoisotopic (exact) mass is 349 g/mol. The van der Waals surface area contributed by atoms with E-state index in [1.54, 1.807) is 12.0 Å². The molecule has 0 spiro atoms. The Morgan fingerprint density at radius 2 is 2.08 bits per heavy atom. The van der Waals surface area contributed by atoms with E-state index in [0.717, 1.165) is 11.3 Å². The molecule has 0 radical (unpaired) electrons. The summed E-state index contributed by atoms with van der Waals surface area (Å²) in [5.41, 5.74) is 0.617. The number of hydrogen-bond acceptors (Lipinski definition) is 5. The van der Waals surface area contributed by atoms with Crippen molar-refractivity contribution in [3.8, 4) is 11.5 Å². The molecule has 1 heterocycles. The van der Waals surface area contributed by atoms with Crippen molar-refractivity contribution >= 4 is 6.09 Å². The Morgan fingerprint density at radius 3 is 2.68 bits per heavy atom. The van der Waals surface area contributed by atoms with E-state index in [2.05, 4.69) is 0 Å². The van der Waals surface area contributed by atoms with E-state index >= 15 is 0 Å². The molecule has 1 aliphatic carbocycles. The summed E-state index contributed by atoms with van der Waals surface area (Å²) in [6.45, 7) is 3.67. The van der Waals surface area contributed by atoms with E-state index in [0.29, 0.717) is 31.4 Å². The molecule has 1 aliphatic heterocycles. The largest absolute Gasteiger partial charge is 0.493 e. The molecule has 2 fully saturated rings. The Balaban J connectivity index is 1.85. The topological polar surface area (TPSA) is 68.2 Å². The van der Waals surface area contributed by atoms with Gasteiger partial charge in [0.25, 0.3) is 0 Å². The highest BCUT2D eigenvalue weighted by atomic mass is 16.5. The molecule has 3 rings (SSSR count). The molecule has 2 aliphatic rings. The van der Waals surface area contributed by atoms with Gasteiger partial charge >= 0.3 is 6.09 Å². The molecule has 1 saturated carbocycles. The highest BCUT2D eigenvalue weighted by Crippen LogP contribution is 2.44. The molecule has 1 aromatic carbocycles. The SMILES string of the molecule is COC(=O)N1C[C@@H](c2ccc(OC)c(OCC3CC3)c2)[C@](C)(CO)C1. The number of likely N-dealkylation sites (tertiary alicyclic amines) is 1. The Bertz CT molecular complexity index is 630. The van der Waals surface area contributed by atoms with Crippen molar-refractivity contribution in [2.45, 2.75) is 25.7 Å².